The highest BCUT2D eigenvalue weighted by Crippen LogP contribution is 2.15. The van der Waals surface area contributed by atoms with Crippen molar-refractivity contribution in [3.8, 4) is 0 Å². The molecule has 0 radical (unpaired) electrons. The summed E-state index contributed by atoms with van der Waals surface area (Å²) in [6.45, 7) is 3.26. The number of hydrogen-bond acceptors (Lipinski definition) is 3. The third kappa shape index (κ3) is 4.33. The summed E-state index contributed by atoms with van der Waals surface area (Å²) >= 11 is 0. The van der Waals surface area contributed by atoms with Crippen molar-refractivity contribution in [2.75, 3.05) is 25.9 Å². The number of anilines is 1. The Labute approximate surface area is 107 Å². The topological polar surface area (TPSA) is 58.4 Å². The Hall–Kier alpha value is -1.62. The summed E-state index contributed by atoms with van der Waals surface area (Å²) in [5.41, 5.74) is 6.13. The van der Waals surface area contributed by atoms with Crippen LogP contribution >= 0.6 is 0 Å². The number of amides is 1. The molecule has 100 valence electrons. The first kappa shape index (κ1) is 14.4. The Bertz CT molecular complexity index is 409. The van der Waals surface area contributed by atoms with E-state index in [0.29, 0.717) is 18.7 Å². The molecule has 0 bridgehead atoms. The van der Waals surface area contributed by atoms with Gasteiger partial charge in [-0.3, -0.25) is 9.69 Å². The standard InChI is InChI=1S/C13H20FN3O/c1-3-7-16-12(18)9-17(2)8-10-5-4-6-11(15)13(10)14/h4-6H,3,7-9,15H2,1-2H3,(H,16,18). The molecule has 0 fully saturated rings. The number of halogens is 1. The first-order chi connectivity index (χ1) is 8.54. The zero-order valence-electron chi connectivity index (χ0n) is 10.9. The second-order valence-corrected chi connectivity index (χ2v) is 4.34. The lowest BCUT2D eigenvalue weighted by molar-refractivity contribution is -0.122. The Morgan fingerprint density at radius 1 is 1.50 bits per heavy atom. The summed E-state index contributed by atoms with van der Waals surface area (Å²) in [7, 11) is 1.77. The number of hydrogen-bond donors (Lipinski definition) is 2. The number of nitrogens with one attached hydrogen (secondary N) is 1. The highest BCUT2D eigenvalue weighted by Gasteiger charge is 2.10. The van der Waals surface area contributed by atoms with E-state index in [1.165, 1.54) is 6.07 Å². The van der Waals surface area contributed by atoms with Gasteiger partial charge in [-0.2, -0.15) is 0 Å². The van der Waals surface area contributed by atoms with Gasteiger partial charge >= 0.3 is 0 Å². The van der Waals surface area contributed by atoms with Gasteiger partial charge in [0.2, 0.25) is 5.91 Å². The number of rotatable bonds is 6. The largest absolute Gasteiger partial charge is 0.396 e. The number of nitrogens with zero attached hydrogens (tertiary/aromatic N) is 1. The van der Waals surface area contributed by atoms with Crippen LogP contribution in [0.25, 0.3) is 0 Å². The van der Waals surface area contributed by atoms with Crippen molar-refractivity contribution in [2.45, 2.75) is 19.9 Å². The van der Waals surface area contributed by atoms with Gasteiger partial charge in [0.05, 0.1) is 12.2 Å². The quantitative estimate of drug-likeness (QED) is 0.753. The van der Waals surface area contributed by atoms with Crippen LogP contribution in [-0.4, -0.2) is 30.9 Å². The monoisotopic (exact) mass is 253 g/mol. The Kier molecular flexibility index (Phi) is 5.58. The lowest BCUT2D eigenvalue weighted by atomic mass is 10.2. The minimum Gasteiger partial charge on any atom is -0.396 e. The van der Waals surface area contributed by atoms with Crippen LogP contribution in [0.15, 0.2) is 18.2 Å². The molecule has 0 heterocycles. The normalized spacial score (nSPS) is 10.7. The number of likely N-dealkylation sites (N-methyl/N-ethyl adjacent to an activating group) is 1. The maximum Gasteiger partial charge on any atom is 0.234 e. The summed E-state index contributed by atoms with van der Waals surface area (Å²) in [6.07, 6.45) is 0.902. The number of nitrogen functional groups attached to an aromatic ring is 1. The van der Waals surface area contributed by atoms with E-state index in [1.54, 1.807) is 24.1 Å². The molecule has 1 amide bonds. The molecule has 0 spiro atoms. The predicted octanol–water partition coefficient (Wildman–Crippen LogP) is 1.37. The second kappa shape index (κ2) is 6.96. The van der Waals surface area contributed by atoms with Gasteiger partial charge < -0.3 is 11.1 Å². The van der Waals surface area contributed by atoms with Crippen LogP contribution in [0.2, 0.25) is 0 Å². The van der Waals surface area contributed by atoms with Crippen molar-refractivity contribution in [2.24, 2.45) is 0 Å². The molecule has 0 aliphatic heterocycles. The van der Waals surface area contributed by atoms with Crippen LogP contribution in [0.4, 0.5) is 10.1 Å². The Morgan fingerprint density at radius 2 is 2.22 bits per heavy atom. The van der Waals surface area contributed by atoms with Crippen LogP contribution in [-0.2, 0) is 11.3 Å². The molecule has 5 heteroatoms. The molecule has 18 heavy (non-hydrogen) atoms. The van der Waals surface area contributed by atoms with Crippen molar-refractivity contribution in [3.63, 3.8) is 0 Å². The van der Waals surface area contributed by atoms with Crippen molar-refractivity contribution < 1.29 is 9.18 Å². The minimum absolute atomic E-state index is 0.0522. The van der Waals surface area contributed by atoms with Gasteiger partial charge in [-0.1, -0.05) is 19.1 Å². The summed E-state index contributed by atoms with van der Waals surface area (Å²) in [5, 5.41) is 2.78. The van der Waals surface area contributed by atoms with E-state index in [1.807, 2.05) is 6.92 Å². The second-order valence-electron chi connectivity index (χ2n) is 4.34. The van der Waals surface area contributed by atoms with E-state index in [2.05, 4.69) is 5.32 Å². The molecule has 1 aromatic rings. The fraction of sp³-hybridized carbons (Fsp3) is 0.462. The van der Waals surface area contributed by atoms with Crippen molar-refractivity contribution in [3.05, 3.63) is 29.6 Å². The molecule has 0 aliphatic rings. The van der Waals surface area contributed by atoms with Gasteiger partial charge in [-0.15, -0.1) is 0 Å². The van der Waals surface area contributed by atoms with E-state index in [-0.39, 0.29) is 18.1 Å². The van der Waals surface area contributed by atoms with Gasteiger partial charge in [0.1, 0.15) is 0 Å². The average molecular weight is 253 g/mol. The molecule has 0 aliphatic carbocycles. The summed E-state index contributed by atoms with van der Waals surface area (Å²) < 4.78 is 13.6. The number of carbonyl (C=O) groups is 1. The van der Waals surface area contributed by atoms with E-state index < -0.39 is 5.82 Å². The first-order valence-electron chi connectivity index (χ1n) is 6.02. The zero-order chi connectivity index (χ0) is 13.5. The van der Waals surface area contributed by atoms with E-state index in [9.17, 15) is 9.18 Å². The summed E-state index contributed by atoms with van der Waals surface area (Å²) in [5.74, 6) is -0.457. The molecule has 3 N–H and O–H groups in total. The van der Waals surface area contributed by atoms with Crippen LogP contribution in [0.3, 0.4) is 0 Å². The van der Waals surface area contributed by atoms with Gasteiger partial charge in [0.25, 0.3) is 0 Å². The molecule has 0 saturated carbocycles. The third-order valence-corrected chi connectivity index (χ3v) is 2.53. The SMILES string of the molecule is CCCNC(=O)CN(C)Cc1cccc(N)c1F. The van der Waals surface area contributed by atoms with Gasteiger partial charge in [0.15, 0.2) is 5.82 Å². The third-order valence-electron chi connectivity index (χ3n) is 2.53. The molecule has 4 nitrogen and oxygen atoms in total. The number of carbonyl (C=O) groups excluding carboxylic acids is 1. The average Bonchev–Trinajstić information content (AvgIpc) is 2.32. The van der Waals surface area contributed by atoms with Crippen molar-refractivity contribution in [1.82, 2.24) is 10.2 Å². The van der Waals surface area contributed by atoms with E-state index >= 15 is 0 Å². The van der Waals surface area contributed by atoms with Gasteiger partial charge in [-0.25, -0.2) is 4.39 Å². The van der Waals surface area contributed by atoms with Crippen LogP contribution in [0, 0.1) is 5.82 Å². The lowest BCUT2D eigenvalue weighted by Crippen LogP contribution is -2.35. The summed E-state index contributed by atoms with van der Waals surface area (Å²) in [6, 6.07) is 4.90. The highest BCUT2D eigenvalue weighted by atomic mass is 19.1. The fourth-order valence-corrected chi connectivity index (χ4v) is 1.63. The van der Waals surface area contributed by atoms with Gasteiger partial charge in [-0.05, 0) is 19.5 Å². The Balaban J connectivity index is 2.51. The Morgan fingerprint density at radius 3 is 2.89 bits per heavy atom. The molecule has 1 rings (SSSR count). The molecule has 0 atom stereocenters. The fourth-order valence-electron chi connectivity index (χ4n) is 1.63. The molecule has 0 aromatic heterocycles. The lowest BCUT2D eigenvalue weighted by Gasteiger charge is -2.17. The highest BCUT2D eigenvalue weighted by molar-refractivity contribution is 5.77. The molecular weight excluding hydrogens is 233 g/mol. The summed E-state index contributed by atoms with van der Waals surface area (Å²) in [4.78, 5) is 13.2. The minimum atomic E-state index is -0.404. The molecule has 0 saturated heterocycles. The first-order valence-corrected chi connectivity index (χ1v) is 6.02. The molecule has 0 unspecified atom stereocenters. The maximum atomic E-state index is 13.6. The molecular formula is C13H20FN3O. The maximum absolute atomic E-state index is 13.6. The zero-order valence-corrected chi connectivity index (χ0v) is 10.9. The smallest absolute Gasteiger partial charge is 0.234 e. The number of benzene rings is 1. The van der Waals surface area contributed by atoms with Crippen LogP contribution in [0.1, 0.15) is 18.9 Å². The van der Waals surface area contributed by atoms with E-state index in [4.69, 9.17) is 5.73 Å². The van der Waals surface area contributed by atoms with Gasteiger partial charge in [0, 0.05) is 18.7 Å². The predicted molar refractivity (Wildman–Crippen MR) is 70.4 cm³/mol. The van der Waals surface area contributed by atoms with Crippen molar-refractivity contribution >= 4 is 11.6 Å². The van der Waals surface area contributed by atoms with Crippen LogP contribution in [0.5, 0.6) is 0 Å². The van der Waals surface area contributed by atoms with Crippen molar-refractivity contribution in [1.29, 1.82) is 0 Å². The van der Waals surface area contributed by atoms with E-state index in [0.717, 1.165) is 6.42 Å². The molecule has 1 aromatic carbocycles. The number of nitrogens with two attached hydrogens (primary N) is 1. The van der Waals surface area contributed by atoms with Crippen LogP contribution < -0.4 is 11.1 Å².